The van der Waals surface area contributed by atoms with Gasteiger partial charge in [-0.25, -0.2) is 0 Å². The summed E-state index contributed by atoms with van der Waals surface area (Å²) in [5, 5.41) is 27.9. The number of hydrogen-bond acceptors (Lipinski definition) is 5. The second-order valence-corrected chi connectivity index (χ2v) is 10.1. The molecule has 3 N–H and O–H groups in total. The second-order valence-electron chi connectivity index (χ2n) is 10.1. The summed E-state index contributed by atoms with van der Waals surface area (Å²) in [4.78, 5) is 13.3. The molecule has 176 valence electrons. The van der Waals surface area contributed by atoms with E-state index >= 15 is 0 Å². The smallest absolute Gasteiger partial charge is 0.248 e. The fraction of sp³-hybridized carbons (Fsp3) is 0.667. The van der Waals surface area contributed by atoms with Gasteiger partial charge in [0, 0.05) is 18.3 Å². The first-order valence-corrected chi connectivity index (χ1v) is 11.9. The van der Waals surface area contributed by atoms with Crippen LogP contribution in [-0.2, 0) is 11.3 Å². The highest BCUT2D eigenvalue weighted by Crippen LogP contribution is 2.36. The zero-order valence-electron chi connectivity index (χ0n) is 19.2. The lowest BCUT2D eigenvalue weighted by molar-refractivity contribution is -0.119. The van der Waals surface area contributed by atoms with Crippen molar-refractivity contribution in [1.29, 1.82) is 0 Å². The van der Waals surface area contributed by atoms with Crippen LogP contribution in [0, 0.1) is 5.92 Å². The Morgan fingerprint density at radius 3 is 2.62 bits per heavy atom. The fourth-order valence-electron chi connectivity index (χ4n) is 4.99. The van der Waals surface area contributed by atoms with Crippen LogP contribution < -0.4 is 10.1 Å². The molecule has 0 saturated heterocycles. The van der Waals surface area contributed by atoms with Gasteiger partial charge in [-0.3, -0.25) is 9.48 Å². The Morgan fingerprint density at radius 1 is 1.25 bits per heavy atom. The van der Waals surface area contributed by atoms with Crippen LogP contribution in [0.25, 0.3) is 0 Å². The molecule has 2 aromatic heterocycles. The molecule has 8 heteroatoms. The molecule has 0 aliphatic heterocycles. The second kappa shape index (κ2) is 9.57. The van der Waals surface area contributed by atoms with E-state index in [0.717, 1.165) is 25.7 Å². The van der Waals surface area contributed by atoms with Gasteiger partial charge in [0.25, 0.3) is 0 Å². The Bertz CT molecular complexity index is 901. The maximum atomic E-state index is 13.3. The highest BCUT2D eigenvalue weighted by atomic mass is 16.5. The van der Waals surface area contributed by atoms with Crippen molar-refractivity contribution in [2.45, 2.75) is 95.9 Å². The minimum absolute atomic E-state index is 0.0451. The highest BCUT2D eigenvalue weighted by molar-refractivity contribution is 5.93. The number of aromatic nitrogens is 3. The van der Waals surface area contributed by atoms with E-state index in [1.165, 1.54) is 25.7 Å². The lowest BCUT2D eigenvalue weighted by atomic mass is 9.97. The molecule has 2 aromatic rings. The summed E-state index contributed by atoms with van der Waals surface area (Å²) in [6, 6.07) is 2.80. The summed E-state index contributed by atoms with van der Waals surface area (Å²) in [7, 11) is 0. The zero-order valence-corrected chi connectivity index (χ0v) is 19.2. The zero-order chi connectivity index (χ0) is 22.7. The van der Waals surface area contributed by atoms with Gasteiger partial charge in [-0.05, 0) is 51.9 Å². The van der Waals surface area contributed by atoms with Gasteiger partial charge < -0.3 is 24.8 Å². The molecule has 1 atom stereocenters. The minimum Gasteiger partial charge on any atom is -0.494 e. The van der Waals surface area contributed by atoms with E-state index in [1.54, 1.807) is 47.6 Å². The van der Waals surface area contributed by atoms with Crippen molar-refractivity contribution >= 4 is 11.7 Å². The number of amides is 1. The molecule has 0 unspecified atom stereocenters. The van der Waals surface area contributed by atoms with E-state index in [0.29, 0.717) is 30.5 Å². The fourth-order valence-corrected chi connectivity index (χ4v) is 4.99. The van der Waals surface area contributed by atoms with E-state index in [-0.39, 0.29) is 17.9 Å². The van der Waals surface area contributed by atoms with E-state index in [1.807, 2.05) is 0 Å². The minimum atomic E-state index is -0.898. The predicted octanol–water partition coefficient (Wildman–Crippen LogP) is 4.24. The van der Waals surface area contributed by atoms with Gasteiger partial charge in [-0.15, -0.1) is 0 Å². The predicted molar refractivity (Wildman–Crippen MR) is 122 cm³/mol. The highest BCUT2D eigenvalue weighted by Gasteiger charge is 2.29. The van der Waals surface area contributed by atoms with Gasteiger partial charge >= 0.3 is 0 Å². The van der Waals surface area contributed by atoms with E-state index < -0.39 is 11.6 Å². The van der Waals surface area contributed by atoms with Crippen LogP contribution in [0.2, 0.25) is 0 Å². The van der Waals surface area contributed by atoms with Gasteiger partial charge in [-0.1, -0.05) is 25.7 Å². The number of nitrogens with zero attached hydrogens (tertiary/aromatic N) is 3. The Hall–Kier alpha value is -2.48. The molecular formula is C24H36N4O4. The van der Waals surface area contributed by atoms with Gasteiger partial charge in [0.05, 0.1) is 24.4 Å². The Morgan fingerprint density at radius 2 is 1.94 bits per heavy atom. The van der Waals surface area contributed by atoms with Crippen LogP contribution in [0.15, 0.2) is 24.5 Å². The normalized spacial score (nSPS) is 18.8. The maximum absolute atomic E-state index is 13.3. The third kappa shape index (κ3) is 5.85. The summed E-state index contributed by atoms with van der Waals surface area (Å²) >= 11 is 0. The van der Waals surface area contributed by atoms with Gasteiger partial charge in [0.2, 0.25) is 5.91 Å². The third-order valence-electron chi connectivity index (χ3n) is 6.52. The first-order chi connectivity index (χ1) is 15.3. The van der Waals surface area contributed by atoms with Gasteiger partial charge in [-0.2, -0.15) is 5.10 Å². The number of rotatable bonds is 9. The van der Waals surface area contributed by atoms with Gasteiger partial charge in [0.1, 0.15) is 11.8 Å². The van der Waals surface area contributed by atoms with Crippen LogP contribution in [-0.4, -0.2) is 42.2 Å². The number of carbonyl (C=O) groups is 1. The number of aromatic hydroxyl groups is 1. The van der Waals surface area contributed by atoms with Crippen molar-refractivity contribution in [1.82, 2.24) is 14.3 Å². The molecule has 2 saturated carbocycles. The SMILES string of the molecule is CC(C)(O)Cn1ccc(NC(=O)[C@H](CC2CCCC2)n2cc(OC3CCCC3)cc2O)n1. The van der Waals surface area contributed by atoms with Crippen molar-refractivity contribution < 1.29 is 19.7 Å². The van der Waals surface area contributed by atoms with E-state index in [9.17, 15) is 15.0 Å². The lowest BCUT2D eigenvalue weighted by Crippen LogP contribution is -2.28. The number of aliphatic hydroxyl groups is 1. The molecule has 0 radical (unpaired) electrons. The molecule has 32 heavy (non-hydrogen) atoms. The van der Waals surface area contributed by atoms with E-state index in [2.05, 4.69) is 10.4 Å². The molecule has 2 aliphatic rings. The van der Waals surface area contributed by atoms with Crippen molar-refractivity contribution in [2.75, 3.05) is 5.32 Å². The van der Waals surface area contributed by atoms with Crippen molar-refractivity contribution in [3.8, 4) is 11.6 Å². The average molecular weight is 445 g/mol. The molecule has 1 amide bonds. The quantitative estimate of drug-likeness (QED) is 0.537. The molecule has 8 nitrogen and oxygen atoms in total. The molecule has 0 bridgehead atoms. The Balaban J connectivity index is 1.50. The molecule has 0 aromatic carbocycles. The van der Waals surface area contributed by atoms with Crippen molar-refractivity contribution in [2.24, 2.45) is 5.92 Å². The third-order valence-corrected chi connectivity index (χ3v) is 6.52. The van der Waals surface area contributed by atoms with Gasteiger partial charge in [0.15, 0.2) is 11.7 Å². The first-order valence-electron chi connectivity index (χ1n) is 11.9. The van der Waals surface area contributed by atoms with Crippen LogP contribution in [0.3, 0.4) is 0 Å². The largest absolute Gasteiger partial charge is 0.494 e. The number of carbonyl (C=O) groups excluding carboxylic acids is 1. The van der Waals surface area contributed by atoms with Crippen molar-refractivity contribution in [3.63, 3.8) is 0 Å². The molecule has 4 rings (SSSR count). The number of hydrogen-bond donors (Lipinski definition) is 3. The molecule has 0 spiro atoms. The van der Waals surface area contributed by atoms with Crippen LogP contribution >= 0.6 is 0 Å². The molecule has 2 heterocycles. The Labute approximate surface area is 189 Å². The van der Waals surface area contributed by atoms with Crippen LogP contribution in [0.5, 0.6) is 11.6 Å². The monoisotopic (exact) mass is 444 g/mol. The topological polar surface area (TPSA) is 102 Å². The maximum Gasteiger partial charge on any atom is 0.248 e. The summed E-state index contributed by atoms with van der Waals surface area (Å²) in [6.07, 6.45) is 13.4. The lowest BCUT2D eigenvalue weighted by Gasteiger charge is -2.22. The standard InChI is InChI=1S/C24H36N4O4/c1-24(2,31)16-27-12-11-21(26-27)25-23(30)20(13-17-7-3-4-8-17)28-15-19(14-22(28)29)32-18-9-5-6-10-18/h11-12,14-15,17-18,20,29,31H,3-10,13,16H2,1-2H3,(H,25,26,30)/t20-/m0/s1. The van der Waals surface area contributed by atoms with Crippen LogP contribution in [0.4, 0.5) is 5.82 Å². The van der Waals surface area contributed by atoms with Crippen molar-refractivity contribution in [3.05, 3.63) is 24.5 Å². The average Bonchev–Trinajstić information content (AvgIpc) is 3.49. The summed E-state index contributed by atoms with van der Waals surface area (Å²) in [6.45, 7) is 3.75. The number of ether oxygens (including phenoxy) is 1. The van der Waals surface area contributed by atoms with Crippen LogP contribution in [0.1, 0.15) is 77.7 Å². The first kappa shape index (κ1) is 22.7. The number of nitrogens with one attached hydrogen (secondary N) is 1. The summed E-state index contributed by atoms with van der Waals surface area (Å²) in [5.74, 6) is 1.35. The molecular weight excluding hydrogens is 408 g/mol. The molecule has 2 fully saturated rings. The summed E-state index contributed by atoms with van der Waals surface area (Å²) in [5.41, 5.74) is -0.898. The van der Waals surface area contributed by atoms with E-state index in [4.69, 9.17) is 4.74 Å². The molecule has 2 aliphatic carbocycles. The summed E-state index contributed by atoms with van der Waals surface area (Å²) < 4.78 is 9.31. The Kier molecular flexibility index (Phi) is 6.79. The number of anilines is 1.